The molecular weight excluding hydrogens is 252 g/mol. The smallest absolute Gasteiger partial charge is 0.223 e. The van der Waals surface area contributed by atoms with Crippen LogP contribution in [0.1, 0.15) is 57.2 Å². The van der Waals surface area contributed by atoms with E-state index >= 15 is 0 Å². The molecule has 1 amide bonds. The van der Waals surface area contributed by atoms with Gasteiger partial charge in [-0.25, -0.2) is 0 Å². The van der Waals surface area contributed by atoms with E-state index in [9.17, 15) is 4.79 Å². The maximum atomic E-state index is 12.5. The Hall–Kier alpha value is -1.36. The van der Waals surface area contributed by atoms with Crippen LogP contribution in [0, 0.1) is 0 Å². The van der Waals surface area contributed by atoms with Gasteiger partial charge in [0.15, 0.2) is 0 Å². The summed E-state index contributed by atoms with van der Waals surface area (Å²) in [6, 6.07) is 2.47. The van der Waals surface area contributed by atoms with Crippen molar-refractivity contribution in [3.8, 4) is 0 Å². The molecule has 2 unspecified atom stereocenters. The first-order valence-corrected chi connectivity index (χ1v) is 7.80. The fraction of sp³-hybridized carbons (Fsp3) is 0.733. The highest BCUT2D eigenvalue weighted by molar-refractivity contribution is 5.77. The summed E-state index contributed by atoms with van der Waals surface area (Å²) in [4.78, 5) is 14.5. The third kappa shape index (κ3) is 2.46. The molecule has 0 radical (unpaired) electrons. The normalized spacial score (nSPS) is 27.7. The van der Waals surface area contributed by atoms with E-state index in [4.69, 9.17) is 5.73 Å². The number of rotatable bonds is 4. The van der Waals surface area contributed by atoms with Crippen molar-refractivity contribution in [1.82, 2.24) is 14.7 Å². The highest BCUT2D eigenvalue weighted by atomic mass is 16.2. The number of hydrogen-bond acceptors (Lipinski definition) is 3. The largest absolute Gasteiger partial charge is 0.330 e. The van der Waals surface area contributed by atoms with Crippen LogP contribution in [0.25, 0.3) is 0 Å². The van der Waals surface area contributed by atoms with Crippen LogP contribution in [0.2, 0.25) is 0 Å². The molecule has 1 aliphatic heterocycles. The maximum Gasteiger partial charge on any atom is 0.223 e. The Morgan fingerprint density at radius 1 is 1.40 bits per heavy atom. The average Bonchev–Trinajstić information content (AvgIpc) is 3.17. The summed E-state index contributed by atoms with van der Waals surface area (Å²) in [7, 11) is 0. The van der Waals surface area contributed by atoms with Crippen molar-refractivity contribution >= 4 is 5.91 Å². The Morgan fingerprint density at radius 2 is 2.20 bits per heavy atom. The molecule has 2 fully saturated rings. The Bertz CT molecular complexity index is 480. The first kappa shape index (κ1) is 13.6. The lowest BCUT2D eigenvalue weighted by Gasteiger charge is -2.34. The Balaban J connectivity index is 1.96. The SMILES string of the molecule is CCCn1nccc1C1C(N)CCCC(=O)N1C1CC1. The van der Waals surface area contributed by atoms with E-state index in [1.807, 2.05) is 16.9 Å². The van der Waals surface area contributed by atoms with E-state index in [1.165, 1.54) is 0 Å². The van der Waals surface area contributed by atoms with Gasteiger partial charge in [-0.05, 0) is 38.2 Å². The van der Waals surface area contributed by atoms with Crippen LogP contribution in [-0.2, 0) is 11.3 Å². The lowest BCUT2D eigenvalue weighted by atomic mass is 10.0. The van der Waals surface area contributed by atoms with Crippen molar-refractivity contribution in [2.45, 2.75) is 70.1 Å². The predicted octanol–water partition coefficient (Wildman–Crippen LogP) is 1.84. The number of carbonyl (C=O) groups excluding carboxylic acids is 1. The van der Waals surface area contributed by atoms with E-state index < -0.39 is 0 Å². The minimum absolute atomic E-state index is 0.00606. The minimum Gasteiger partial charge on any atom is -0.330 e. The monoisotopic (exact) mass is 276 g/mol. The second kappa shape index (κ2) is 5.56. The zero-order valence-corrected chi connectivity index (χ0v) is 12.2. The number of likely N-dealkylation sites (tertiary alicyclic amines) is 1. The fourth-order valence-corrected chi connectivity index (χ4v) is 3.28. The molecule has 20 heavy (non-hydrogen) atoms. The number of amides is 1. The summed E-state index contributed by atoms with van der Waals surface area (Å²) >= 11 is 0. The number of hydrogen-bond donors (Lipinski definition) is 1. The van der Waals surface area contributed by atoms with Crippen LogP contribution in [0.3, 0.4) is 0 Å². The standard InChI is InChI=1S/C15H24N4O/c1-2-10-18-13(8-9-17-18)15-12(16)4-3-5-14(20)19(15)11-6-7-11/h8-9,11-12,15H,2-7,10,16H2,1H3. The summed E-state index contributed by atoms with van der Waals surface area (Å²) in [5, 5.41) is 4.41. The van der Waals surface area contributed by atoms with Crippen molar-refractivity contribution in [3.63, 3.8) is 0 Å². The average molecular weight is 276 g/mol. The summed E-state index contributed by atoms with van der Waals surface area (Å²) in [5.41, 5.74) is 7.53. The summed E-state index contributed by atoms with van der Waals surface area (Å²) < 4.78 is 2.03. The minimum atomic E-state index is 0.00606. The molecule has 1 aliphatic carbocycles. The molecule has 0 bridgehead atoms. The Labute approximate surface area is 120 Å². The summed E-state index contributed by atoms with van der Waals surface area (Å²) in [5.74, 6) is 0.273. The zero-order chi connectivity index (χ0) is 14.1. The van der Waals surface area contributed by atoms with Crippen LogP contribution in [0.4, 0.5) is 0 Å². The van der Waals surface area contributed by atoms with E-state index in [0.29, 0.717) is 12.5 Å². The molecule has 2 aliphatic rings. The number of nitrogens with two attached hydrogens (primary N) is 1. The first-order valence-electron chi connectivity index (χ1n) is 7.80. The summed E-state index contributed by atoms with van der Waals surface area (Å²) in [6.45, 7) is 3.03. The molecule has 110 valence electrons. The predicted molar refractivity (Wildman–Crippen MR) is 77.0 cm³/mol. The van der Waals surface area contributed by atoms with E-state index in [-0.39, 0.29) is 18.0 Å². The number of nitrogens with zero attached hydrogens (tertiary/aromatic N) is 3. The second-order valence-electron chi connectivity index (χ2n) is 6.01. The van der Waals surface area contributed by atoms with Gasteiger partial charge in [0.1, 0.15) is 0 Å². The molecule has 2 N–H and O–H groups in total. The number of aromatic nitrogens is 2. The molecule has 1 saturated heterocycles. The van der Waals surface area contributed by atoms with Gasteiger partial charge in [-0.1, -0.05) is 6.92 Å². The molecule has 2 atom stereocenters. The van der Waals surface area contributed by atoms with Gasteiger partial charge < -0.3 is 10.6 Å². The molecule has 5 nitrogen and oxygen atoms in total. The third-order valence-corrected chi connectivity index (χ3v) is 4.35. The van der Waals surface area contributed by atoms with Crippen molar-refractivity contribution in [2.24, 2.45) is 5.73 Å². The highest BCUT2D eigenvalue weighted by Crippen LogP contribution is 2.39. The second-order valence-corrected chi connectivity index (χ2v) is 6.01. The van der Waals surface area contributed by atoms with Crippen molar-refractivity contribution in [3.05, 3.63) is 18.0 Å². The number of carbonyl (C=O) groups is 1. The third-order valence-electron chi connectivity index (χ3n) is 4.35. The van der Waals surface area contributed by atoms with Crippen LogP contribution >= 0.6 is 0 Å². The van der Waals surface area contributed by atoms with E-state index in [1.54, 1.807) is 0 Å². The Morgan fingerprint density at radius 3 is 2.90 bits per heavy atom. The van der Waals surface area contributed by atoms with Crippen molar-refractivity contribution in [2.75, 3.05) is 0 Å². The lowest BCUT2D eigenvalue weighted by Crippen LogP contribution is -2.44. The van der Waals surface area contributed by atoms with Gasteiger partial charge in [0.05, 0.1) is 11.7 Å². The molecule has 0 spiro atoms. The van der Waals surface area contributed by atoms with Gasteiger partial charge >= 0.3 is 0 Å². The zero-order valence-electron chi connectivity index (χ0n) is 12.2. The molecule has 5 heteroatoms. The van der Waals surface area contributed by atoms with Gasteiger partial charge in [0.25, 0.3) is 0 Å². The molecule has 0 aromatic carbocycles. The van der Waals surface area contributed by atoms with Crippen LogP contribution in [0.15, 0.2) is 12.3 Å². The van der Waals surface area contributed by atoms with Gasteiger partial charge in [-0.15, -0.1) is 0 Å². The van der Waals surface area contributed by atoms with E-state index in [2.05, 4.69) is 16.9 Å². The highest BCUT2D eigenvalue weighted by Gasteiger charge is 2.42. The van der Waals surface area contributed by atoms with Gasteiger partial charge in [-0.2, -0.15) is 5.10 Å². The maximum absolute atomic E-state index is 12.5. The molecule has 2 heterocycles. The van der Waals surface area contributed by atoms with Crippen molar-refractivity contribution in [1.29, 1.82) is 0 Å². The molecule has 3 rings (SSSR count). The van der Waals surface area contributed by atoms with Crippen molar-refractivity contribution < 1.29 is 4.79 Å². The lowest BCUT2D eigenvalue weighted by molar-refractivity contribution is -0.134. The van der Waals surface area contributed by atoms with Crippen LogP contribution in [0.5, 0.6) is 0 Å². The summed E-state index contributed by atoms with van der Waals surface area (Å²) in [6.07, 6.45) is 7.57. The van der Waals surface area contributed by atoms with E-state index in [0.717, 1.165) is 44.3 Å². The van der Waals surface area contributed by atoms with Gasteiger partial charge in [-0.3, -0.25) is 9.48 Å². The number of aryl methyl sites for hydroxylation is 1. The Kier molecular flexibility index (Phi) is 3.78. The van der Waals surface area contributed by atoms with Gasteiger partial charge in [0, 0.05) is 31.2 Å². The fourth-order valence-electron chi connectivity index (χ4n) is 3.28. The topological polar surface area (TPSA) is 64.2 Å². The first-order chi connectivity index (χ1) is 9.72. The molecule has 1 saturated carbocycles. The molecular formula is C15H24N4O. The van der Waals surface area contributed by atoms with Crippen LogP contribution in [-0.4, -0.2) is 32.7 Å². The van der Waals surface area contributed by atoms with Gasteiger partial charge in [0.2, 0.25) is 5.91 Å². The quantitative estimate of drug-likeness (QED) is 0.912. The molecule has 1 aromatic heterocycles. The van der Waals surface area contributed by atoms with Crippen LogP contribution < -0.4 is 5.73 Å². The molecule has 1 aromatic rings.